The summed E-state index contributed by atoms with van der Waals surface area (Å²) >= 11 is 1.45. The maximum absolute atomic E-state index is 12.8. The molecule has 0 aliphatic heterocycles. The molecule has 0 bridgehead atoms. The van der Waals surface area contributed by atoms with Gasteiger partial charge in [-0.05, 0) is 37.6 Å². The largest absolute Gasteiger partial charge is 0.493 e. The van der Waals surface area contributed by atoms with Crippen molar-refractivity contribution >= 4 is 50.6 Å². The molecular formula is C28H27N5O5S. The highest BCUT2D eigenvalue weighted by Crippen LogP contribution is 2.41. The molecule has 0 saturated heterocycles. The van der Waals surface area contributed by atoms with Gasteiger partial charge in [-0.2, -0.15) is 4.98 Å². The Morgan fingerprint density at radius 1 is 0.974 bits per heavy atom. The summed E-state index contributed by atoms with van der Waals surface area (Å²) in [5.74, 6) is 3.14. The summed E-state index contributed by atoms with van der Waals surface area (Å²) in [7, 11) is 4.64. The Hall–Kier alpha value is -4.77. The van der Waals surface area contributed by atoms with E-state index in [2.05, 4.69) is 15.6 Å². The summed E-state index contributed by atoms with van der Waals surface area (Å²) in [6.45, 7) is 3.58. The first-order valence-corrected chi connectivity index (χ1v) is 12.8. The van der Waals surface area contributed by atoms with Crippen LogP contribution in [-0.4, -0.2) is 37.2 Å². The van der Waals surface area contributed by atoms with Crippen LogP contribution in [0.1, 0.15) is 21.9 Å². The highest BCUT2D eigenvalue weighted by atomic mass is 32.1. The van der Waals surface area contributed by atoms with E-state index in [1.54, 1.807) is 46.5 Å². The third kappa shape index (κ3) is 5.04. The lowest BCUT2D eigenvalue weighted by Gasteiger charge is -2.15. The number of carbonyl (C=O) groups excluding carboxylic acids is 1. The lowest BCUT2D eigenvalue weighted by atomic mass is 10.1. The van der Waals surface area contributed by atoms with Gasteiger partial charge in [0.25, 0.3) is 5.91 Å². The summed E-state index contributed by atoms with van der Waals surface area (Å²) in [4.78, 5) is 22.0. The van der Waals surface area contributed by atoms with E-state index in [4.69, 9.17) is 29.3 Å². The number of aromatic nitrogens is 2. The first-order valence-electron chi connectivity index (χ1n) is 11.9. The van der Waals surface area contributed by atoms with Crippen molar-refractivity contribution in [1.29, 1.82) is 0 Å². The van der Waals surface area contributed by atoms with E-state index < -0.39 is 0 Å². The molecule has 0 atom stereocenters. The van der Waals surface area contributed by atoms with Crippen LogP contribution in [0.4, 0.5) is 23.1 Å². The second kappa shape index (κ2) is 10.5. The van der Waals surface area contributed by atoms with Crippen LogP contribution in [0.3, 0.4) is 0 Å². The molecule has 11 heteroatoms. The number of rotatable bonds is 8. The SMILES string of the molecule is COc1cc(Nc2nc(N)c3scc(-c4cccc(NC(=O)c5cc(C)oc5C)c4)c3n2)cc(OC)c1OC. The Balaban J connectivity index is 1.48. The van der Waals surface area contributed by atoms with Crippen molar-refractivity contribution in [1.82, 2.24) is 9.97 Å². The second-order valence-electron chi connectivity index (χ2n) is 8.66. The number of nitrogens with zero attached hydrogens (tertiary/aromatic N) is 2. The number of fused-ring (bicyclic) bond motifs is 1. The molecule has 0 radical (unpaired) electrons. The molecule has 0 unspecified atom stereocenters. The molecule has 1 amide bonds. The molecule has 3 aromatic heterocycles. The number of aryl methyl sites for hydroxylation is 2. The Labute approximate surface area is 228 Å². The van der Waals surface area contributed by atoms with Crippen LogP contribution >= 0.6 is 11.3 Å². The molecule has 0 aliphatic rings. The summed E-state index contributed by atoms with van der Waals surface area (Å²) in [5, 5.41) is 8.12. The van der Waals surface area contributed by atoms with Crippen molar-refractivity contribution < 1.29 is 23.4 Å². The molecule has 0 spiro atoms. The number of benzene rings is 2. The Bertz CT molecular complexity index is 1670. The fourth-order valence-electron chi connectivity index (χ4n) is 4.30. The van der Waals surface area contributed by atoms with Gasteiger partial charge < -0.3 is 35.0 Å². The maximum atomic E-state index is 12.8. The number of anilines is 4. The van der Waals surface area contributed by atoms with Crippen LogP contribution < -0.4 is 30.6 Å². The van der Waals surface area contributed by atoms with Crippen molar-refractivity contribution in [3.63, 3.8) is 0 Å². The fourth-order valence-corrected chi connectivity index (χ4v) is 5.22. The molecule has 0 aliphatic carbocycles. The van der Waals surface area contributed by atoms with Gasteiger partial charge in [0.05, 0.1) is 37.1 Å². The molecule has 0 fully saturated rings. The highest BCUT2D eigenvalue weighted by molar-refractivity contribution is 7.18. The summed E-state index contributed by atoms with van der Waals surface area (Å²) in [6.07, 6.45) is 0. The van der Waals surface area contributed by atoms with Gasteiger partial charge in [-0.15, -0.1) is 11.3 Å². The molecule has 10 nitrogen and oxygen atoms in total. The molecular weight excluding hydrogens is 518 g/mol. The van der Waals surface area contributed by atoms with E-state index in [1.807, 2.05) is 36.6 Å². The zero-order valence-electron chi connectivity index (χ0n) is 22.0. The molecule has 3 heterocycles. The lowest BCUT2D eigenvalue weighted by Crippen LogP contribution is -2.12. The lowest BCUT2D eigenvalue weighted by molar-refractivity contribution is 0.102. The number of hydrogen-bond acceptors (Lipinski definition) is 10. The average Bonchev–Trinajstić information content (AvgIpc) is 3.50. The molecule has 4 N–H and O–H groups in total. The standard InChI is InChI=1S/C28H27N5O5S/c1-14-9-19(15(2)38-14)27(34)30-17-8-6-7-16(10-17)20-13-39-25-23(20)32-28(33-26(25)29)31-18-11-21(35-3)24(37-5)22(12-18)36-4/h6-13H,1-5H3,(H,30,34)(H3,29,31,32,33). The minimum atomic E-state index is -0.236. The number of nitrogen functional groups attached to an aromatic ring is 1. The van der Waals surface area contributed by atoms with Crippen LogP contribution in [0, 0.1) is 13.8 Å². The van der Waals surface area contributed by atoms with E-state index in [1.165, 1.54) is 11.3 Å². The van der Waals surface area contributed by atoms with Crippen molar-refractivity contribution in [2.24, 2.45) is 0 Å². The monoisotopic (exact) mass is 545 g/mol. The van der Waals surface area contributed by atoms with Gasteiger partial charge >= 0.3 is 0 Å². The van der Waals surface area contributed by atoms with E-state index in [0.29, 0.717) is 63.0 Å². The smallest absolute Gasteiger partial charge is 0.259 e. The van der Waals surface area contributed by atoms with Gasteiger partial charge in [0, 0.05) is 34.5 Å². The van der Waals surface area contributed by atoms with Crippen molar-refractivity contribution in [2.45, 2.75) is 13.8 Å². The van der Waals surface area contributed by atoms with Crippen LogP contribution in [0.25, 0.3) is 21.3 Å². The third-order valence-electron chi connectivity index (χ3n) is 6.08. The van der Waals surface area contributed by atoms with E-state index in [0.717, 1.165) is 15.8 Å². The van der Waals surface area contributed by atoms with Crippen molar-refractivity contribution in [3.8, 4) is 28.4 Å². The minimum Gasteiger partial charge on any atom is -0.493 e. The van der Waals surface area contributed by atoms with E-state index in [9.17, 15) is 4.79 Å². The zero-order chi connectivity index (χ0) is 27.7. The fraction of sp³-hybridized carbons (Fsp3) is 0.179. The van der Waals surface area contributed by atoms with Gasteiger partial charge in [0.1, 0.15) is 17.3 Å². The Morgan fingerprint density at radius 2 is 1.72 bits per heavy atom. The number of nitrogens with one attached hydrogen (secondary N) is 2. The first-order chi connectivity index (χ1) is 18.8. The van der Waals surface area contributed by atoms with Gasteiger partial charge in [-0.1, -0.05) is 12.1 Å². The molecule has 5 aromatic rings. The molecule has 200 valence electrons. The van der Waals surface area contributed by atoms with Crippen LogP contribution in [0.15, 0.2) is 52.3 Å². The quantitative estimate of drug-likeness (QED) is 0.209. The summed E-state index contributed by atoms with van der Waals surface area (Å²) in [5.41, 5.74) is 10.5. The van der Waals surface area contributed by atoms with Gasteiger partial charge in [-0.3, -0.25) is 4.79 Å². The zero-order valence-corrected chi connectivity index (χ0v) is 22.9. The Kier molecular flexibility index (Phi) is 6.99. The normalized spacial score (nSPS) is 10.9. The topological polar surface area (TPSA) is 134 Å². The molecule has 2 aromatic carbocycles. The number of thiophene rings is 1. The number of carbonyl (C=O) groups is 1. The van der Waals surface area contributed by atoms with E-state index >= 15 is 0 Å². The Morgan fingerprint density at radius 3 is 2.36 bits per heavy atom. The van der Waals surface area contributed by atoms with E-state index in [-0.39, 0.29) is 5.91 Å². The third-order valence-corrected chi connectivity index (χ3v) is 7.07. The minimum absolute atomic E-state index is 0.236. The summed E-state index contributed by atoms with van der Waals surface area (Å²) in [6, 6.07) is 12.8. The van der Waals surface area contributed by atoms with Crippen LogP contribution in [-0.2, 0) is 0 Å². The van der Waals surface area contributed by atoms with Gasteiger partial charge in [0.2, 0.25) is 11.7 Å². The van der Waals surface area contributed by atoms with Crippen molar-refractivity contribution in [2.75, 3.05) is 37.7 Å². The first kappa shape index (κ1) is 25.9. The highest BCUT2D eigenvalue weighted by Gasteiger charge is 2.18. The number of hydrogen-bond donors (Lipinski definition) is 3. The predicted octanol–water partition coefficient (Wildman–Crippen LogP) is 6.17. The summed E-state index contributed by atoms with van der Waals surface area (Å²) < 4.78 is 22.6. The predicted molar refractivity (Wildman–Crippen MR) is 153 cm³/mol. The number of nitrogens with two attached hydrogens (primary N) is 1. The van der Waals surface area contributed by atoms with Crippen molar-refractivity contribution in [3.05, 3.63) is 64.9 Å². The number of ether oxygens (including phenoxy) is 3. The molecule has 5 rings (SSSR count). The number of methoxy groups -OCH3 is 3. The van der Waals surface area contributed by atoms with Crippen LogP contribution in [0.5, 0.6) is 17.2 Å². The average molecular weight is 546 g/mol. The molecule has 39 heavy (non-hydrogen) atoms. The van der Waals surface area contributed by atoms with Gasteiger partial charge in [-0.25, -0.2) is 4.98 Å². The number of amides is 1. The number of furan rings is 1. The second-order valence-corrected chi connectivity index (χ2v) is 9.54. The maximum Gasteiger partial charge on any atom is 0.259 e. The van der Waals surface area contributed by atoms with Gasteiger partial charge in [0.15, 0.2) is 11.5 Å². The van der Waals surface area contributed by atoms with Crippen LogP contribution in [0.2, 0.25) is 0 Å². The molecule has 0 saturated carbocycles.